The van der Waals surface area contributed by atoms with Gasteiger partial charge in [-0.1, -0.05) is 6.92 Å². The molecule has 5 rings (SSSR count). The fourth-order valence-corrected chi connectivity index (χ4v) is 8.83. The summed E-state index contributed by atoms with van der Waals surface area (Å²) in [6.45, 7) is 6.67. The van der Waals surface area contributed by atoms with Crippen molar-refractivity contribution in [3.63, 3.8) is 0 Å². The number of nitrogens with zero attached hydrogens (tertiary/aromatic N) is 1. The molecule has 5 heteroatoms. The van der Waals surface area contributed by atoms with Gasteiger partial charge in [0.05, 0.1) is 11.8 Å². The number of aliphatic hydroxyl groups is 1. The quantitative estimate of drug-likeness (QED) is 0.662. The maximum Gasteiger partial charge on any atom is 0.270 e. The maximum absolute atomic E-state index is 13.2. The lowest BCUT2D eigenvalue weighted by atomic mass is 9.49. The third kappa shape index (κ3) is 3.78. The van der Waals surface area contributed by atoms with Crippen molar-refractivity contribution in [3.8, 4) is 0 Å². The first-order chi connectivity index (χ1) is 15.2. The largest absolute Gasteiger partial charge is 0.390 e. The standard InChI is InChI=1S/C27H39FN2O2/c1-16(30-25(31)24-9-5-18(28)15-29-24)22-7-8-23-21-6-4-17-14-26(2,32)12-10-19(17)20(21)11-13-27(22,23)3/h5,9,15-17,19-23,32H,4,6-8,10-14H2,1-3H3,(H,30,31)/t16-,17+,19-,20+,21+,22?,23-,26+,27+/m0/s1. The van der Waals surface area contributed by atoms with E-state index in [2.05, 4.69) is 24.1 Å². The van der Waals surface area contributed by atoms with Crippen molar-refractivity contribution in [3.05, 3.63) is 29.8 Å². The fraction of sp³-hybridized carbons (Fsp3) is 0.778. The van der Waals surface area contributed by atoms with Crippen molar-refractivity contribution >= 4 is 5.91 Å². The molecule has 1 unspecified atom stereocenters. The zero-order valence-corrected chi connectivity index (χ0v) is 19.8. The highest BCUT2D eigenvalue weighted by molar-refractivity contribution is 5.92. The molecule has 4 nitrogen and oxygen atoms in total. The Labute approximate surface area is 191 Å². The van der Waals surface area contributed by atoms with Crippen LogP contribution in [-0.4, -0.2) is 27.6 Å². The summed E-state index contributed by atoms with van der Waals surface area (Å²) in [6, 6.07) is 2.84. The summed E-state index contributed by atoms with van der Waals surface area (Å²) in [6.07, 6.45) is 11.8. The molecule has 9 atom stereocenters. The number of rotatable bonds is 3. The van der Waals surface area contributed by atoms with Gasteiger partial charge < -0.3 is 10.4 Å². The van der Waals surface area contributed by atoms with Gasteiger partial charge in [-0.3, -0.25) is 4.79 Å². The molecule has 2 N–H and O–H groups in total. The smallest absolute Gasteiger partial charge is 0.270 e. The second kappa shape index (κ2) is 8.07. The molecule has 1 heterocycles. The Morgan fingerprint density at radius 3 is 2.62 bits per heavy atom. The zero-order valence-electron chi connectivity index (χ0n) is 19.8. The van der Waals surface area contributed by atoms with Gasteiger partial charge in [0, 0.05) is 6.04 Å². The van der Waals surface area contributed by atoms with Crippen molar-refractivity contribution in [2.75, 3.05) is 0 Å². The van der Waals surface area contributed by atoms with Gasteiger partial charge in [-0.05, 0) is 125 Å². The summed E-state index contributed by atoms with van der Waals surface area (Å²) in [4.78, 5) is 16.7. The molecular weight excluding hydrogens is 403 g/mol. The first-order valence-electron chi connectivity index (χ1n) is 12.8. The average Bonchev–Trinajstić information content (AvgIpc) is 3.10. The van der Waals surface area contributed by atoms with E-state index in [9.17, 15) is 14.3 Å². The second-order valence-corrected chi connectivity index (χ2v) is 12.0. The Morgan fingerprint density at radius 2 is 1.88 bits per heavy atom. The van der Waals surface area contributed by atoms with Crippen LogP contribution in [0, 0.1) is 46.7 Å². The molecule has 0 radical (unpaired) electrons. The molecule has 0 aliphatic heterocycles. The Balaban J connectivity index is 1.27. The molecule has 4 aliphatic rings. The number of aromatic nitrogens is 1. The number of nitrogens with one attached hydrogen (secondary N) is 1. The molecule has 176 valence electrons. The normalized spacial score (nSPS) is 44.2. The van der Waals surface area contributed by atoms with Crippen LogP contribution < -0.4 is 5.32 Å². The van der Waals surface area contributed by atoms with Crippen molar-refractivity contribution in [2.24, 2.45) is 40.9 Å². The molecule has 4 aliphatic carbocycles. The highest BCUT2D eigenvalue weighted by Crippen LogP contribution is 2.65. The van der Waals surface area contributed by atoms with Crippen LogP contribution in [0.25, 0.3) is 0 Å². The molecule has 1 aromatic rings. The topological polar surface area (TPSA) is 62.2 Å². The summed E-state index contributed by atoms with van der Waals surface area (Å²) in [5, 5.41) is 13.8. The van der Waals surface area contributed by atoms with E-state index in [1.165, 1.54) is 57.1 Å². The minimum atomic E-state index is -0.456. The van der Waals surface area contributed by atoms with E-state index < -0.39 is 11.4 Å². The summed E-state index contributed by atoms with van der Waals surface area (Å²) in [5.74, 6) is 3.75. The molecule has 1 amide bonds. The van der Waals surface area contributed by atoms with Gasteiger partial charge in [0.15, 0.2) is 0 Å². The van der Waals surface area contributed by atoms with E-state index in [0.29, 0.717) is 11.8 Å². The monoisotopic (exact) mass is 442 g/mol. The maximum atomic E-state index is 13.2. The van der Waals surface area contributed by atoms with Crippen molar-refractivity contribution in [1.82, 2.24) is 10.3 Å². The minimum Gasteiger partial charge on any atom is -0.390 e. The number of halogens is 1. The van der Waals surface area contributed by atoms with E-state index >= 15 is 0 Å². The number of pyridine rings is 1. The predicted molar refractivity (Wildman–Crippen MR) is 122 cm³/mol. The molecule has 0 spiro atoms. The molecule has 1 aromatic heterocycles. The van der Waals surface area contributed by atoms with E-state index in [1.807, 2.05) is 6.92 Å². The molecule has 0 saturated heterocycles. The summed E-state index contributed by atoms with van der Waals surface area (Å²) in [7, 11) is 0. The van der Waals surface area contributed by atoms with Crippen LogP contribution in [0.4, 0.5) is 4.39 Å². The van der Waals surface area contributed by atoms with Crippen LogP contribution in [-0.2, 0) is 0 Å². The van der Waals surface area contributed by atoms with E-state index in [4.69, 9.17) is 0 Å². The third-order valence-electron chi connectivity index (χ3n) is 10.2. The summed E-state index contributed by atoms with van der Waals surface area (Å²) in [5.41, 5.74) is 0.105. The van der Waals surface area contributed by atoms with Crippen LogP contribution in [0.5, 0.6) is 0 Å². The molecule has 32 heavy (non-hydrogen) atoms. The Kier molecular flexibility index (Phi) is 5.63. The lowest BCUT2D eigenvalue weighted by Gasteiger charge is -2.57. The van der Waals surface area contributed by atoms with E-state index in [1.54, 1.807) is 0 Å². The molecule has 0 bridgehead atoms. The number of carbonyl (C=O) groups excluding carboxylic acids is 1. The highest BCUT2D eigenvalue weighted by Gasteiger charge is 2.58. The summed E-state index contributed by atoms with van der Waals surface area (Å²) < 4.78 is 13.2. The first-order valence-corrected chi connectivity index (χ1v) is 12.8. The van der Waals surface area contributed by atoms with Gasteiger partial charge >= 0.3 is 0 Å². The predicted octanol–water partition coefficient (Wildman–Crippen LogP) is 5.36. The van der Waals surface area contributed by atoms with Crippen molar-refractivity contribution in [2.45, 2.75) is 90.2 Å². The zero-order chi connectivity index (χ0) is 22.7. The fourth-order valence-electron chi connectivity index (χ4n) is 8.83. The van der Waals surface area contributed by atoms with Crippen LogP contribution in [0.15, 0.2) is 18.3 Å². The van der Waals surface area contributed by atoms with Crippen molar-refractivity contribution in [1.29, 1.82) is 0 Å². The first kappa shape index (κ1) is 22.3. The number of fused-ring (bicyclic) bond motifs is 5. The van der Waals surface area contributed by atoms with Gasteiger partial charge in [0.25, 0.3) is 5.91 Å². The van der Waals surface area contributed by atoms with Crippen molar-refractivity contribution < 1.29 is 14.3 Å². The van der Waals surface area contributed by atoms with Crippen LogP contribution >= 0.6 is 0 Å². The van der Waals surface area contributed by atoms with Gasteiger partial charge in [-0.2, -0.15) is 0 Å². The second-order valence-electron chi connectivity index (χ2n) is 12.0. The molecule has 0 aromatic carbocycles. The Morgan fingerprint density at radius 1 is 1.09 bits per heavy atom. The number of amides is 1. The Hall–Kier alpha value is -1.49. The lowest BCUT2D eigenvalue weighted by molar-refractivity contribution is -0.101. The highest BCUT2D eigenvalue weighted by atomic mass is 19.1. The minimum absolute atomic E-state index is 0.0852. The average molecular weight is 443 g/mol. The molecule has 4 saturated carbocycles. The Bertz CT molecular complexity index is 856. The van der Waals surface area contributed by atoms with Gasteiger partial charge in [0.2, 0.25) is 0 Å². The number of carbonyl (C=O) groups is 1. The lowest BCUT2D eigenvalue weighted by Crippen LogP contribution is -2.52. The van der Waals surface area contributed by atoms with E-state index in [-0.39, 0.29) is 23.1 Å². The summed E-state index contributed by atoms with van der Waals surface area (Å²) >= 11 is 0. The SMILES string of the molecule is C[C@H](NC(=O)c1ccc(F)cn1)C1CC[C@H]2[C@@H]3CC[C@@H]4C[C@](C)(O)CC[C@@H]4[C@H]3CC[C@]12C. The van der Waals surface area contributed by atoms with Crippen LogP contribution in [0.2, 0.25) is 0 Å². The van der Waals surface area contributed by atoms with E-state index in [0.717, 1.165) is 42.7 Å². The van der Waals surface area contributed by atoms with Gasteiger partial charge in [0.1, 0.15) is 11.5 Å². The molecular formula is C27H39FN2O2. The van der Waals surface area contributed by atoms with Crippen LogP contribution in [0.3, 0.4) is 0 Å². The van der Waals surface area contributed by atoms with Crippen LogP contribution in [0.1, 0.15) is 89.0 Å². The number of hydrogen-bond donors (Lipinski definition) is 2. The van der Waals surface area contributed by atoms with Gasteiger partial charge in [-0.15, -0.1) is 0 Å². The molecule has 4 fully saturated rings. The number of hydrogen-bond acceptors (Lipinski definition) is 3. The van der Waals surface area contributed by atoms with Gasteiger partial charge in [-0.25, -0.2) is 9.37 Å². The third-order valence-corrected chi connectivity index (χ3v) is 10.2.